The van der Waals surface area contributed by atoms with Crippen molar-refractivity contribution in [3.63, 3.8) is 0 Å². The number of hydrogen-bond donors (Lipinski definition) is 1. The van der Waals surface area contributed by atoms with Gasteiger partial charge in [-0.2, -0.15) is 0 Å². The van der Waals surface area contributed by atoms with Crippen LogP contribution in [0.1, 0.15) is 45.3 Å². The van der Waals surface area contributed by atoms with Crippen LogP contribution in [0.25, 0.3) is 0 Å². The molecule has 2 nitrogen and oxygen atoms in total. The topological polar surface area (TPSA) is 23.5 Å². The highest BCUT2D eigenvalue weighted by Crippen LogP contribution is 2.31. The lowest BCUT2D eigenvalue weighted by molar-refractivity contribution is 0.199. The Morgan fingerprint density at radius 3 is 2.72 bits per heavy atom. The molecule has 1 aromatic carbocycles. The Hall–Kier alpha value is -1.09. The van der Waals surface area contributed by atoms with Crippen molar-refractivity contribution in [2.24, 2.45) is 5.92 Å². The molecule has 0 spiro atoms. The molecule has 18 heavy (non-hydrogen) atoms. The minimum atomic E-state index is -0.619. The quantitative estimate of drug-likeness (QED) is 0.869. The number of piperidine rings is 1. The zero-order chi connectivity index (χ0) is 13.3. The van der Waals surface area contributed by atoms with Gasteiger partial charge in [-0.15, -0.1) is 0 Å². The van der Waals surface area contributed by atoms with Gasteiger partial charge in [0.2, 0.25) is 0 Å². The molecule has 0 aromatic heterocycles. The lowest BCUT2D eigenvalue weighted by atomic mass is 9.91. The molecule has 0 saturated carbocycles. The van der Waals surface area contributed by atoms with E-state index in [1.165, 1.54) is 12.5 Å². The van der Waals surface area contributed by atoms with E-state index in [0.29, 0.717) is 23.2 Å². The highest BCUT2D eigenvalue weighted by atomic mass is 19.1. The third-order valence-corrected chi connectivity index (χ3v) is 4.14. The number of aliphatic hydroxyl groups excluding tert-OH is 1. The molecule has 0 bridgehead atoms. The summed E-state index contributed by atoms with van der Waals surface area (Å²) in [5.74, 6) is 0.365. The van der Waals surface area contributed by atoms with Gasteiger partial charge in [-0.05, 0) is 50.3 Å². The fraction of sp³-hybridized carbons (Fsp3) is 0.600. The molecule has 3 heteroatoms. The molecular weight excluding hydrogens is 229 g/mol. The predicted molar refractivity (Wildman–Crippen MR) is 72.2 cm³/mol. The number of aliphatic hydroxyl groups is 1. The minimum absolute atomic E-state index is 0.227. The molecule has 1 fully saturated rings. The van der Waals surface area contributed by atoms with E-state index >= 15 is 0 Å². The van der Waals surface area contributed by atoms with E-state index < -0.39 is 6.10 Å². The molecule has 0 aliphatic carbocycles. The Kier molecular flexibility index (Phi) is 3.91. The number of halogens is 1. The zero-order valence-electron chi connectivity index (χ0n) is 11.4. The van der Waals surface area contributed by atoms with E-state index in [9.17, 15) is 9.50 Å². The van der Waals surface area contributed by atoms with Crippen molar-refractivity contribution in [2.75, 3.05) is 11.4 Å². The van der Waals surface area contributed by atoms with E-state index in [-0.39, 0.29) is 5.82 Å². The smallest absolute Gasteiger partial charge is 0.146 e. The Balaban J connectivity index is 2.27. The molecule has 0 radical (unpaired) electrons. The maximum Gasteiger partial charge on any atom is 0.146 e. The molecule has 0 amide bonds. The highest BCUT2D eigenvalue weighted by molar-refractivity contribution is 5.50. The van der Waals surface area contributed by atoms with Crippen LogP contribution in [0.3, 0.4) is 0 Å². The summed E-state index contributed by atoms with van der Waals surface area (Å²) in [7, 11) is 0. The predicted octanol–water partition coefficient (Wildman–Crippen LogP) is 3.50. The molecule has 3 atom stereocenters. The first kappa shape index (κ1) is 13.3. The third kappa shape index (κ3) is 2.51. The summed E-state index contributed by atoms with van der Waals surface area (Å²) in [5.41, 5.74) is 1.30. The van der Waals surface area contributed by atoms with Crippen molar-refractivity contribution in [2.45, 2.75) is 45.8 Å². The van der Waals surface area contributed by atoms with Gasteiger partial charge in [0.05, 0.1) is 11.8 Å². The van der Waals surface area contributed by atoms with Gasteiger partial charge in [0.25, 0.3) is 0 Å². The second kappa shape index (κ2) is 5.27. The van der Waals surface area contributed by atoms with Crippen LogP contribution >= 0.6 is 0 Å². The van der Waals surface area contributed by atoms with Crippen molar-refractivity contribution >= 4 is 5.69 Å². The molecule has 1 aliphatic heterocycles. The minimum Gasteiger partial charge on any atom is -0.389 e. The molecule has 100 valence electrons. The van der Waals surface area contributed by atoms with Crippen LogP contribution in [-0.2, 0) is 0 Å². The van der Waals surface area contributed by atoms with Crippen LogP contribution in [0, 0.1) is 11.7 Å². The SMILES string of the molecule is CC1CCCN(c2ccc([C@H](C)O)cc2F)C1C. The molecule has 2 unspecified atom stereocenters. The summed E-state index contributed by atoms with van der Waals surface area (Å²) >= 11 is 0. The lowest BCUT2D eigenvalue weighted by Crippen LogP contribution is -2.42. The lowest BCUT2D eigenvalue weighted by Gasteiger charge is -2.39. The summed E-state index contributed by atoms with van der Waals surface area (Å²) in [6.45, 7) is 6.95. The summed E-state index contributed by atoms with van der Waals surface area (Å²) in [6, 6.07) is 5.43. The van der Waals surface area contributed by atoms with E-state index in [1.54, 1.807) is 13.0 Å². The summed E-state index contributed by atoms with van der Waals surface area (Å²) in [6.07, 6.45) is 1.71. The number of anilines is 1. The van der Waals surface area contributed by atoms with Crippen LogP contribution in [0.15, 0.2) is 18.2 Å². The molecule has 1 N–H and O–H groups in total. The normalized spacial score (nSPS) is 26.2. The Bertz CT molecular complexity index is 419. The first-order chi connectivity index (χ1) is 8.50. The summed E-state index contributed by atoms with van der Waals surface area (Å²) in [4.78, 5) is 2.15. The van der Waals surface area contributed by atoms with Crippen LogP contribution < -0.4 is 4.90 Å². The standard InChI is InChI=1S/C15H22FNO/c1-10-5-4-8-17(11(10)2)15-7-6-13(12(3)18)9-14(15)16/h6-7,9-12,18H,4-5,8H2,1-3H3/t10?,11?,12-/m0/s1. The molecule has 1 aliphatic rings. The van der Waals surface area contributed by atoms with Crippen LogP contribution in [0.2, 0.25) is 0 Å². The Morgan fingerprint density at radius 2 is 2.11 bits per heavy atom. The summed E-state index contributed by atoms with van der Waals surface area (Å²) in [5, 5.41) is 9.46. The maximum absolute atomic E-state index is 14.1. The van der Waals surface area contributed by atoms with Gasteiger partial charge in [-0.3, -0.25) is 0 Å². The first-order valence-electron chi connectivity index (χ1n) is 6.75. The average Bonchev–Trinajstić information content (AvgIpc) is 2.33. The van der Waals surface area contributed by atoms with Crippen molar-refractivity contribution in [1.82, 2.24) is 0 Å². The van der Waals surface area contributed by atoms with Gasteiger partial charge in [0.1, 0.15) is 5.82 Å². The first-order valence-corrected chi connectivity index (χ1v) is 6.75. The van der Waals surface area contributed by atoms with Gasteiger partial charge in [0.15, 0.2) is 0 Å². The second-order valence-corrected chi connectivity index (χ2v) is 5.44. The molecule has 1 aromatic rings. The van der Waals surface area contributed by atoms with Gasteiger partial charge in [-0.1, -0.05) is 13.0 Å². The molecule has 1 heterocycles. The Morgan fingerprint density at radius 1 is 1.39 bits per heavy atom. The van der Waals surface area contributed by atoms with Gasteiger partial charge in [0, 0.05) is 12.6 Å². The van der Waals surface area contributed by atoms with Gasteiger partial charge >= 0.3 is 0 Å². The van der Waals surface area contributed by atoms with E-state index in [2.05, 4.69) is 18.7 Å². The number of benzene rings is 1. The molecular formula is C15H22FNO. The van der Waals surface area contributed by atoms with Crippen molar-refractivity contribution in [3.05, 3.63) is 29.6 Å². The number of rotatable bonds is 2. The molecule has 2 rings (SSSR count). The second-order valence-electron chi connectivity index (χ2n) is 5.44. The fourth-order valence-corrected chi connectivity index (χ4v) is 2.69. The van der Waals surface area contributed by atoms with Crippen molar-refractivity contribution < 1.29 is 9.50 Å². The highest BCUT2D eigenvalue weighted by Gasteiger charge is 2.26. The summed E-state index contributed by atoms with van der Waals surface area (Å²) < 4.78 is 14.1. The van der Waals surface area contributed by atoms with Gasteiger partial charge < -0.3 is 10.0 Å². The Labute approximate surface area is 108 Å². The van der Waals surface area contributed by atoms with Crippen molar-refractivity contribution in [1.29, 1.82) is 0 Å². The number of hydrogen-bond acceptors (Lipinski definition) is 2. The van der Waals surface area contributed by atoms with E-state index in [0.717, 1.165) is 13.0 Å². The fourth-order valence-electron chi connectivity index (χ4n) is 2.69. The monoisotopic (exact) mass is 251 g/mol. The van der Waals surface area contributed by atoms with Crippen molar-refractivity contribution in [3.8, 4) is 0 Å². The van der Waals surface area contributed by atoms with Gasteiger partial charge in [-0.25, -0.2) is 4.39 Å². The zero-order valence-corrected chi connectivity index (χ0v) is 11.4. The van der Waals surface area contributed by atoms with Crippen LogP contribution in [0.4, 0.5) is 10.1 Å². The van der Waals surface area contributed by atoms with E-state index in [4.69, 9.17) is 0 Å². The average molecular weight is 251 g/mol. The third-order valence-electron chi connectivity index (χ3n) is 4.14. The molecule has 1 saturated heterocycles. The maximum atomic E-state index is 14.1. The van der Waals surface area contributed by atoms with Crippen LogP contribution in [-0.4, -0.2) is 17.7 Å². The van der Waals surface area contributed by atoms with E-state index in [1.807, 2.05) is 6.07 Å². The number of nitrogens with zero attached hydrogens (tertiary/aromatic N) is 1. The largest absolute Gasteiger partial charge is 0.389 e. The van der Waals surface area contributed by atoms with Crippen LogP contribution in [0.5, 0.6) is 0 Å².